The van der Waals surface area contributed by atoms with Crippen molar-refractivity contribution in [2.45, 2.75) is 39.2 Å². The molecule has 0 radical (unpaired) electrons. The van der Waals surface area contributed by atoms with Crippen molar-refractivity contribution < 1.29 is 15.0 Å². The van der Waals surface area contributed by atoms with Gasteiger partial charge in [-0.15, -0.1) is 11.3 Å². The van der Waals surface area contributed by atoms with Gasteiger partial charge in [0.2, 0.25) is 5.88 Å². The van der Waals surface area contributed by atoms with Crippen LogP contribution in [0.2, 0.25) is 0 Å². The second-order valence-corrected chi connectivity index (χ2v) is 8.50. The molecule has 26 heavy (non-hydrogen) atoms. The third-order valence-corrected chi connectivity index (χ3v) is 6.29. The fourth-order valence-corrected chi connectivity index (χ4v) is 4.88. The number of aliphatic carboxylic acids is 1. The number of carboxylic acid groups (broad SMARTS) is 1. The van der Waals surface area contributed by atoms with Gasteiger partial charge in [0, 0.05) is 29.8 Å². The number of carboxylic acids is 1. The Morgan fingerprint density at radius 3 is 2.69 bits per heavy atom. The number of hydrogen-bond donors (Lipinski definition) is 2. The van der Waals surface area contributed by atoms with Gasteiger partial charge in [-0.25, -0.2) is 0 Å². The van der Waals surface area contributed by atoms with Crippen molar-refractivity contribution in [3.05, 3.63) is 50.4 Å². The molecule has 138 valence electrons. The topological polar surface area (TPSA) is 65.7 Å². The number of allylic oxidation sites excluding steroid dienone is 2. The zero-order chi connectivity index (χ0) is 19.1. The van der Waals surface area contributed by atoms with Crippen molar-refractivity contribution in [2.75, 3.05) is 11.4 Å². The minimum atomic E-state index is -1.02. The lowest BCUT2D eigenvalue weighted by molar-refractivity contribution is -0.137. The van der Waals surface area contributed by atoms with E-state index in [9.17, 15) is 9.90 Å². The predicted octanol–water partition coefficient (Wildman–Crippen LogP) is 4.31. The van der Waals surface area contributed by atoms with Gasteiger partial charge < -0.3 is 15.1 Å². The highest BCUT2D eigenvalue weighted by Gasteiger charge is 2.38. The molecule has 7 heteroatoms. The van der Waals surface area contributed by atoms with Gasteiger partial charge in [0.25, 0.3) is 0 Å². The Hall–Kier alpha value is -2.12. The summed E-state index contributed by atoms with van der Waals surface area (Å²) in [5, 5.41) is 19.3. The van der Waals surface area contributed by atoms with Crippen molar-refractivity contribution >= 4 is 35.2 Å². The summed E-state index contributed by atoms with van der Waals surface area (Å²) < 4.78 is 1.64. The quantitative estimate of drug-likeness (QED) is 0.745. The van der Waals surface area contributed by atoms with Crippen molar-refractivity contribution in [3.63, 3.8) is 0 Å². The van der Waals surface area contributed by atoms with E-state index in [2.05, 4.69) is 49.9 Å². The number of aromatic nitrogens is 1. The van der Waals surface area contributed by atoms with Gasteiger partial charge in [-0.2, -0.15) is 0 Å². The highest BCUT2D eigenvalue weighted by molar-refractivity contribution is 7.73. The lowest BCUT2D eigenvalue weighted by atomic mass is 9.83. The van der Waals surface area contributed by atoms with Crippen molar-refractivity contribution in [3.8, 4) is 5.88 Å². The largest absolute Gasteiger partial charge is 0.494 e. The molecule has 0 bridgehead atoms. The Labute approximate surface area is 161 Å². The fourth-order valence-electron chi connectivity index (χ4n) is 3.59. The molecule has 0 saturated heterocycles. The first-order chi connectivity index (χ1) is 12.3. The lowest BCUT2D eigenvalue weighted by Gasteiger charge is -2.26. The molecule has 0 fully saturated rings. The maximum absolute atomic E-state index is 11.0. The number of anilines is 1. The monoisotopic (exact) mass is 390 g/mol. The zero-order valence-corrected chi connectivity index (χ0v) is 16.7. The van der Waals surface area contributed by atoms with Gasteiger partial charge in [-0.3, -0.25) is 9.36 Å². The molecule has 2 aromatic rings. The highest BCUT2D eigenvalue weighted by Crippen LogP contribution is 2.47. The van der Waals surface area contributed by atoms with Gasteiger partial charge in [0.05, 0.1) is 4.88 Å². The molecule has 1 aromatic carbocycles. The van der Waals surface area contributed by atoms with Crippen LogP contribution in [-0.2, 0) is 23.2 Å². The van der Waals surface area contributed by atoms with Crippen LogP contribution in [0.1, 0.15) is 31.2 Å². The number of aromatic hydroxyl groups is 1. The van der Waals surface area contributed by atoms with Gasteiger partial charge in [0.15, 0.2) is 3.95 Å². The first-order valence-electron chi connectivity index (χ1n) is 8.48. The molecule has 2 heterocycles. The Morgan fingerprint density at radius 1 is 1.35 bits per heavy atom. The maximum atomic E-state index is 11.0. The van der Waals surface area contributed by atoms with Crippen molar-refractivity contribution in [2.24, 2.45) is 0 Å². The van der Waals surface area contributed by atoms with E-state index < -0.39 is 5.97 Å². The lowest BCUT2D eigenvalue weighted by Crippen LogP contribution is -2.26. The van der Waals surface area contributed by atoms with Crippen LogP contribution in [0.15, 0.2) is 36.0 Å². The second kappa shape index (κ2) is 6.89. The Balaban J connectivity index is 1.97. The number of rotatable bonds is 5. The van der Waals surface area contributed by atoms with Crippen LogP contribution in [-0.4, -0.2) is 27.3 Å². The first-order valence-corrected chi connectivity index (χ1v) is 9.70. The molecule has 0 spiro atoms. The predicted molar refractivity (Wildman–Crippen MR) is 107 cm³/mol. The number of thiazole rings is 1. The summed E-state index contributed by atoms with van der Waals surface area (Å²) in [5.74, 6) is -1.07. The molecule has 1 aliphatic heterocycles. The smallest absolute Gasteiger partial charge is 0.323 e. The van der Waals surface area contributed by atoms with Crippen LogP contribution in [0.3, 0.4) is 0 Å². The fraction of sp³-hybridized carbons (Fsp3) is 0.368. The minimum Gasteiger partial charge on any atom is -0.494 e. The van der Waals surface area contributed by atoms with Gasteiger partial charge in [-0.05, 0) is 30.8 Å². The number of para-hydroxylation sites is 1. The molecule has 0 aliphatic carbocycles. The van der Waals surface area contributed by atoms with Gasteiger partial charge in [0.1, 0.15) is 6.54 Å². The first kappa shape index (κ1) is 18.7. The molecular formula is C19H22N2O3S2. The minimum absolute atomic E-state index is 0.0457. The number of likely N-dealkylation sites (N-methyl/N-ethyl adjacent to an activating group) is 1. The summed E-state index contributed by atoms with van der Waals surface area (Å²) in [5.41, 5.74) is 3.55. The molecule has 1 aliphatic rings. The number of fused-ring (bicyclic) bond motifs is 1. The number of hydrogen-bond acceptors (Lipinski definition) is 5. The molecular weight excluding hydrogens is 368 g/mol. The molecule has 0 saturated carbocycles. The molecule has 3 rings (SSSR count). The van der Waals surface area contributed by atoms with Crippen molar-refractivity contribution in [1.29, 1.82) is 0 Å². The van der Waals surface area contributed by atoms with Crippen LogP contribution in [0.4, 0.5) is 5.69 Å². The zero-order valence-electron chi connectivity index (χ0n) is 15.0. The van der Waals surface area contributed by atoms with Crippen LogP contribution in [0.5, 0.6) is 5.88 Å². The second-order valence-electron chi connectivity index (χ2n) is 6.77. The summed E-state index contributed by atoms with van der Waals surface area (Å²) in [6.45, 7) is 7.05. The van der Waals surface area contributed by atoms with Crippen LogP contribution in [0, 0.1) is 3.95 Å². The summed E-state index contributed by atoms with van der Waals surface area (Å²) in [4.78, 5) is 13.9. The molecule has 2 N–H and O–H groups in total. The average molecular weight is 391 g/mol. The maximum Gasteiger partial charge on any atom is 0.323 e. The molecule has 0 atom stereocenters. The highest BCUT2D eigenvalue weighted by atomic mass is 32.1. The molecule has 5 nitrogen and oxygen atoms in total. The SMILES string of the molecule is CCN1C(=CCc2sc(=S)n(CC(=O)O)c2O)C(C)(C)c2ccccc21. The van der Waals surface area contributed by atoms with E-state index in [-0.39, 0.29) is 17.8 Å². The summed E-state index contributed by atoms with van der Waals surface area (Å²) in [7, 11) is 0. The summed E-state index contributed by atoms with van der Waals surface area (Å²) in [6, 6.07) is 8.39. The Bertz CT molecular complexity index is 941. The standard InChI is InChI=1S/C19H22N2O3S2/c1-4-20-13-8-6-5-7-12(13)19(2,3)15(20)10-9-14-17(24)21(11-16(22)23)18(25)26-14/h5-8,10,24H,4,9,11H2,1-3H3,(H,22,23). The third kappa shape index (κ3) is 3.05. The third-order valence-electron chi connectivity index (χ3n) is 4.83. The van der Waals surface area contributed by atoms with E-state index in [1.165, 1.54) is 32.9 Å². The van der Waals surface area contributed by atoms with Crippen LogP contribution >= 0.6 is 23.6 Å². The van der Waals surface area contributed by atoms with Crippen LogP contribution in [0.25, 0.3) is 0 Å². The van der Waals surface area contributed by atoms with E-state index in [1.807, 2.05) is 6.07 Å². The summed E-state index contributed by atoms with van der Waals surface area (Å²) in [6.07, 6.45) is 2.63. The Morgan fingerprint density at radius 2 is 2.04 bits per heavy atom. The van der Waals surface area contributed by atoms with E-state index in [1.54, 1.807) is 0 Å². The van der Waals surface area contributed by atoms with E-state index in [0.29, 0.717) is 15.3 Å². The average Bonchev–Trinajstić information content (AvgIpc) is 2.97. The Kier molecular flexibility index (Phi) is 4.94. The van der Waals surface area contributed by atoms with E-state index in [0.717, 1.165) is 6.54 Å². The molecule has 0 amide bonds. The van der Waals surface area contributed by atoms with Crippen molar-refractivity contribution in [1.82, 2.24) is 4.57 Å². The number of benzene rings is 1. The van der Waals surface area contributed by atoms with Gasteiger partial charge in [-0.1, -0.05) is 38.1 Å². The normalized spacial score (nSPS) is 16.9. The summed E-state index contributed by atoms with van der Waals surface area (Å²) >= 11 is 6.46. The van der Waals surface area contributed by atoms with Gasteiger partial charge >= 0.3 is 5.97 Å². The molecule has 0 unspecified atom stereocenters. The van der Waals surface area contributed by atoms with E-state index >= 15 is 0 Å². The van der Waals surface area contributed by atoms with E-state index in [4.69, 9.17) is 17.3 Å². The molecule has 1 aromatic heterocycles. The van der Waals surface area contributed by atoms with Crippen LogP contribution < -0.4 is 4.90 Å². The number of carbonyl (C=O) groups is 1. The number of nitrogens with zero attached hydrogens (tertiary/aromatic N) is 2.